The second-order valence-electron chi connectivity index (χ2n) is 6.54. The summed E-state index contributed by atoms with van der Waals surface area (Å²) in [4.78, 5) is 14.7. The molecule has 2 aromatic carbocycles. The van der Waals surface area contributed by atoms with E-state index in [1.807, 2.05) is 48.5 Å². The summed E-state index contributed by atoms with van der Waals surface area (Å²) >= 11 is 0. The van der Waals surface area contributed by atoms with Crippen molar-refractivity contribution in [3.05, 3.63) is 71.5 Å². The van der Waals surface area contributed by atoms with Crippen LogP contribution in [0, 0.1) is 0 Å². The second-order valence-corrected chi connectivity index (χ2v) is 6.54. The number of nitrogens with zero attached hydrogens (tertiary/aromatic N) is 4. The lowest BCUT2D eigenvalue weighted by atomic mass is 10.1. The lowest BCUT2D eigenvalue weighted by molar-refractivity contribution is -0.117. The maximum atomic E-state index is 12.8. The Hall–Kier alpha value is -3.15. The molecule has 0 unspecified atom stereocenters. The number of carbonyl (C=O) groups excluding carboxylic acids is 1. The van der Waals surface area contributed by atoms with Gasteiger partial charge in [0.25, 0.3) is 0 Å². The highest BCUT2D eigenvalue weighted by atomic mass is 16.2. The van der Waals surface area contributed by atoms with Gasteiger partial charge in [0.1, 0.15) is 5.69 Å². The molecule has 0 atom stereocenters. The number of hydrogen-bond acceptors (Lipinski definition) is 4. The first-order chi connectivity index (χ1) is 12.7. The summed E-state index contributed by atoms with van der Waals surface area (Å²) in [6.45, 7) is 1.35. The van der Waals surface area contributed by atoms with Gasteiger partial charge in [0, 0.05) is 31.2 Å². The molecule has 4 rings (SSSR count). The van der Waals surface area contributed by atoms with Crippen LogP contribution in [-0.4, -0.2) is 27.4 Å². The van der Waals surface area contributed by atoms with E-state index in [4.69, 9.17) is 0 Å². The molecule has 1 N–H and O–H groups in total. The lowest BCUT2D eigenvalue weighted by Crippen LogP contribution is -2.30. The molecule has 1 aromatic heterocycles. The van der Waals surface area contributed by atoms with Crippen LogP contribution in [0.15, 0.2) is 54.7 Å². The van der Waals surface area contributed by atoms with E-state index in [1.165, 1.54) is 5.56 Å². The maximum Gasteiger partial charge on any atom is 0.231 e. The van der Waals surface area contributed by atoms with Crippen molar-refractivity contribution >= 4 is 17.3 Å². The number of amides is 1. The fourth-order valence-corrected chi connectivity index (χ4v) is 3.28. The van der Waals surface area contributed by atoms with Crippen molar-refractivity contribution < 1.29 is 4.79 Å². The molecule has 26 heavy (non-hydrogen) atoms. The number of carbonyl (C=O) groups is 1. The average Bonchev–Trinajstić information content (AvgIpc) is 3.26. The summed E-state index contributed by atoms with van der Waals surface area (Å²) in [7, 11) is 1.85. The van der Waals surface area contributed by atoms with Gasteiger partial charge in [-0.2, -0.15) is 0 Å². The third kappa shape index (κ3) is 3.44. The zero-order chi connectivity index (χ0) is 17.9. The highest BCUT2D eigenvalue weighted by molar-refractivity contribution is 5.97. The van der Waals surface area contributed by atoms with Gasteiger partial charge < -0.3 is 10.2 Å². The Balaban J connectivity index is 1.47. The SMILES string of the molecule is Cn1cc(CNc2ccc3c(c2)N(C(=O)Cc2ccccc2)CC3)nn1. The van der Waals surface area contributed by atoms with Gasteiger partial charge in [0.15, 0.2) is 0 Å². The fraction of sp³-hybridized carbons (Fsp3) is 0.250. The number of fused-ring (bicyclic) bond motifs is 1. The van der Waals surface area contributed by atoms with Crippen molar-refractivity contribution in [3.8, 4) is 0 Å². The second kappa shape index (κ2) is 7.00. The van der Waals surface area contributed by atoms with E-state index in [1.54, 1.807) is 4.68 Å². The van der Waals surface area contributed by atoms with Crippen LogP contribution in [0.5, 0.6) is 0 Å². The zero-order valence-corrected chi connectivity index (χ0v) is 14.7. The quantitative estimate of drug-likeness (QED) is 0.770. The molecule has 0 saturated carbocycles. The van der Waals surface area contributed by atoms with Gasteiger partial charge in [0.2, 0.25) is 5.91 Å². The van der Waals surface area contributed by atoms with E-state index in [2.05, 4.69) is 33.8 Å². The maximum absolute atomic E-state index is 12.8. The van der Waals surface area contributed by atoms with Gasteiger partial charge in [-0.25, -0.2) is 0 Å². The van der Waals surface area contributed by atoms with Gasteiger partial charge in [-0.05, 0) is 29.7 Å². The van der Waals surface area contributed by atoms with Crippen LogP contribution in [0.25, 0.3) is 0 Å². The molecule has 0 aliphatic carbocycles. The fourth-order valence-electron chi connectivity index (χ4n) is 3.28. The minimum atomic E-state index is 0.140. The van der Waals surface area contributed by atoms with Crippen molar-refractivity contribution in [2.45, 2.75) is 19.4 Å². The van der Waals surface area contributed by atoms with Crippen LogP contribution in [0.4, 0.5) is 11.4 Å². The monoisotopic (exact) mass is 347 g/mol. The van der Waals surface area contributed by atoms with Crippen LogP contribution in [0.1, 0.15) is 16.8 Å². The first-order valence-electron chi connectivity index (χ1n) is 8.75. The van der Waals surface area contributed by atoms with Crippen molar-refractivity contribution in [1.82, 2.24) is 15.0 Å². The molecule has 1 amide bonds. The highest BCUT2D eigenvalue weighted by Crippen LogP contribution is 2.31. The molecule has 0 radical (unpaired) electrons. The number of nitrogens with one attached hydrogen (secondary N) is 1. The number of anilines is 2. The largest absolute Gasteiger partial charge is 0.379 e. The number of aromatic nitrogens is 3. The minimum Gasteiger partial charge on any atom is -0.379 e. The lowest BCUT2D eigenvalue weighted by Gasteiger charge is -2.18. The Morgan fingerprint density at radius 1 is 1.19 bits per heavy atom. The predicted octanol–water partition coefficient (Wildman–Crippen LogP) is 2.56. The topological polar surface area (TPSA) is 63.1 Å². The van der Waals surface area contributed by atoms with E-state index in [-0.39, 0.29) is 5.91 Å². The van der Waals surface area contributed by atoms with Gasteiger partial charge in [0.05, 0.1) is 13.0 Å². The molecule has 132 valence electrons. The van der Waals surface area contributed by atoms with Crippen molar-refractivity contribution in [1.29, 1.82) is 0 Å². The molecule has 6 nitrogen and oxygen atoms in total. The Morgan fingerprint density at radius 2 is 2.04 bits per heavy atom. The first kappa shape index (κ1) is 16.3. The predicted molar refractivity (Wildman–Crippen MR) is 101 cm³/mol. The minimum absolute atomic E-state index is 0.140. The number of aryl methyl sites for hydroxylation is 1. The van der Waals surface area contributed by atoms with E-state index in [0.29, 0.717) is 13.0 Å². The van der Waals surface area contributed by atoms with E-state index >= 15 is 0 Å². The molecule has 0 fully saturated rings. The Bertz CT molecular complexity index is 919. The van der Waals surface area contributed by atoms with E-state index in [0.717, 1.165) is 35.6 Å². The van der Waals surface area contributed by atoms with Gasteiger partial charge in [-0.3, -0.25) is 9.48 Å². The number of rotatable bonds is 5. The molecular formula is C20H21N5O. The summed E-state index contributed by atoms with van der Waals surface area (Å²) < 4.78 is 1.68. The van der Waals surface area contributed by atoms with Crippen molar-refractivity contribution in [3.63, 3.8) is 0 Å². The van der Waals surface area contributed by atoms with Crippen LogP contribution in [0.2, 0.25) is 0 Å². The average molecular weight is 347 g/mol. The van der Waals surface area contributed by atoms with Crippen LogP contribution < -0.4 is 10.2 Å². The smallest absolute Gasteiger partial charge is 0.231 e. The number of hydrogen-bond donors (Lipinski definition) is 1. The first-order valence-corrected chi connectivity index (χ1v) is 8.75. The summed E-state index contributed by atoms with van der Waals surface area (Å²) in [5.41, 5.74) is 5.13. The normalized spacial score (nSPS) is 12.9. The number of benzene rings is 2. The zero-order valence-electron chi connectivity index (χ0n) is 14.7. The molecule has 1 aliphatic heterocycles. The Kier molecular flexibility index (Phi) is 4.39. The standard InChI is InChI=1S/C20H21N5O/c1-24-14-18(22-23-24)13-21-17-8-7-16-9-10-25(19(16)12-17)20(26)11-15-5-3-2-4-6-15/h2-8,12,14,21H,9-11,13H2,1H3. The molecule has 2 heterocycles. The molecule has 3 aromatic rings. The van der Waals surface area contributed by atoms with Crippen LogP contribution in [0.3, 0.4) is 0 Å². The van der Waals surface area contributed by atoms with Gasteiger partial charge >= 0.3 is 0 Å². The summed E-state index contributed by atoms with van der Waals surface area (Å²) in [6, 6.07) is 16.1. The van der Waals surface area contributed by atoms with E-state index < -0.39 is 0 Å². The molecule has 6 heteroatoms. The third-order valence-electron chi connectivity index (χ3n) is 4.60. The third-order valence-corrected chi connectivity index (χ3v) is 4.60. The molecule has 1 aliphatic rings. The van der Waals surface area contributed by atoms with Crippen LogP contribution in [-0.2, 0) is 31.2 Å². The molecular weight excluding hydrogens is 326 g/mol. The van der Waals surface area contributed by atoms with E-state index in [9.17, 15) is 4.79 Å². The molecule has 0 saturated heterocycles. The highest BCUT2D eigenvalue weighted by Gasteiger charge is 2.24. The van der Waals surface area contributed by atoms with Crippen molar-refractivity contribution in [2.24, 2.45) is 7.05 Å². The summed E-state index contributed by atoms with van der Waals surface area (Å²) in [5.74, 6) is 0.140. The Labute approximate surface area is 152 Å². The van der Waals surface area contributed by atoms with Crippen LogP contribution >= 0.6 is 0 Å². The molecule has 0 bridgehead atoms. The van der Waals surface area contributed by atoms with Gasteiger partial charge in [-0.1, -0.05) is 41.6 Å². The van der Waals surface area contributed by atoms with Crippen molar-refractivity contribution in [2.75, 3.05) is 16.8 Å². The van der Waals surface area contributed by atoms with Gasteiger partial charge in [-0.15, -0.1) is 5.10 Å². The summed E-state index contributed by atoms with van der Waals surface area (Å²) in [5, 5.41) is 11.4. The molecule has 0 spiro atoms. The Morgan fingerprint density at radius 3 is 2.81 bits per heavy atom. The summed E-state index contributed by atoms with van der Waals surface area (Å²) in [6.07, 6.45) is 3.22.